The number of hydrogen-bond acceptors (Lipinski definition) is 2. The number of ether oxygens (including phenoxy) is 1. The maximum Gasteiger partial charge on any atom is 0.431 e. The highest BCUT2D eigenvalue weighted by atomic mass is 127. The van der Waals surface area contributed by atoms with Crippen LogP contribution in [0, 0.1) is 29.6 Å². The van der Waals surface area contributed by atoms with Crippen LogP contribution in [0.15, 0.2) is 0 Å². The molecule has 1 atom stereocenters. The van der Waals surface area contributed by atoms with E-state index in [9.17, 15) is 35.5 Å². The van der Waals surface area contributed by atoms with Crippen LogP contribution in [0.2, 0.25) is 0 Å². The number of hydrogen-bond donors (Lipinski definition) is 0. The molecule has 4 aliphatic carbocycles. The van der Waals surface area contributed by atoms with Crippen LogP contribution in [0.3, 0.4) is 0 Å². The Morgan fingerprint density at radius 2 is 1.34 bits per heavy atom. The highest BCUT2D eigenvalue weighted by Crippen LogP contribution is 2.62. The average molecular weight is 544 g/mol. The van der Waals surface area contributed by atoms with Gasteiger partial charge in [-0.05, 0) is 61.7 Å². The van der Waals surface area contributed by atoms with Crippen molar-refractivity contribution in [3.63, 3.8) is 0 Å². The summed E-state index contributed by atoms with van der Waals surface area (Å²) in [5.74, 6) is -0.161. The Morgan fingerprint density at radius 1 is 0.931 bits per heavy atom. The molecule has 0 amide bonds. The number of halogens is 8. The second-order valence-electron chi connectivity index (χ2n) is 9.20. The molecule has 0 aromatic carbocycles. The maximum atomic E-state index is 14.1. The number of esters is 1. The Kier molecular flexibility index (Phi) is 5.96. The van der Waals surface area contributed by atoms with E-state index in [1.807, 2.05) is 13.8 Å². The topological polar surface area (TPSA) is 26.3 Å². The first-order valence-corrected chi connectivity index (χ1v) is 11.1. The molecule has 0 N–H and O–H groups in total. The first-order valence-electron chi connectivity index (χ1n) is 9.81. The lowest BCUT2D eigenvalue weighted by atomic mass is 9.47. The lowest BCUT2D eigenvalue weighted by molar-refractivity contribution is -0.342. The van der Waals surface area contributed by atoms with E-state index >= 15 is 0 Å². The predicted molar refractivity (Wildman–Crippen MR) is 99.1 cm³/mol. The van der Waals surface area contributed by atoms with Gasteiger partial charge >= 0.3 is 24.0 Å². The van der Waals surface area contributed by atoms with Gasteiger partial charge in [-0.3, -0.25) is 4.79 Å². The van der Waals surface area contributed by atoms with Gasteiger partial charge in [0, 0.05) is 6.42 Å². The summed E-state index contributed by atoms with van der Waals surface area (Å²) in [5.41, 5.74) is -6.36. The van der Waals surface area contributed by atoms with Crippen LogP contribution in [-0.2, 0) is 9.53 Å². The second kappa shape index (κ2) is 7.39. The molecule has 4 saturated carbocycles. The molecular formula is C19H24F7IO2. The number of alkyl halides is 8. The molecule has 4 fully saturated rings. The van der Waals surface area contributed by atoms with E-state index < -0.39 is 39.9 Å². The van der Waals surface area contributed by atoms with E-state index in [4.69, 9.17) is 4.74 Å². The molecule has 1 unspecified atom stereocenters. The van der Waals surface area contributed by atoms with Gasteiger partial charge in [-0.1, -0.05) is 36.4 Å². The lowest BCUT2D eigenvalue weighted by Crippen LogP contribution is -2.63. The summed E-state index contributed by atoms with van der Waals surface area (Å²) in [4.78, 5) is 12.6. The minimum atomic E-state index is -6.17. The Morgan fingerprint density at radius 3 is 1.69 bits per heavy atom. The second-order valence-corrected chi connectivity index (χ2v) is 10.7. The van der Waals surface area contributed by atoms with Gasteiger partial charge in [0.15, 0.2) is 0 Å². The van der Waals surface area contributed by atoms with Gasteiger partial charge in [-0.25, -0.2) is 4.39 Å². The van der Waals surface area contributed by atoms with Gasteiger partial charge in [-0.2, -0.15) is 26.3 Å². The van der Waals surface area contributed by atoms with Crippen LogP contribution < -0.4 is 0 Å². The number of carbonyl (C=O) groups is 1. The Balaban J connectivity index is 1.81. The largest absolute Gasteiger partial charge is 0.457 e. The van der Waals surface area contributed by atoms with Crippen molar-refractivity contribution in [1.29, 1.82) is 0 Å². The minimum Gasteiger partial charge on any atom is -0.457 e. The van der Waals surface area contributed by atoms with E-state index in [-0.39, 0.29) is 17.8 Å². The van der Waals surface area contributed by atoms with Crippen molar-refractivity contribution < 1.29 is 40.3 Å². The molecule has 10 heteroatoms. The highest BCUT2D eigenvalue weighted by molar-refractivity contribution is 14.1. The smallest absolute Gasteiger partial charge is 0.431 e. The summed E-state index contributed by atoms with van der Waals surface area (Å²) >= 11 is 1.14. The van der Waals surface area contributed by atoms with Gasteiger partial charge in [0.25, 0.3) is 0 Å². The standard InChI is InChI=1S/C19H24F7IO2/c1-9(2)17(12-4-10-3-11(6-12)7-13(17)5-10)29-15(28)14(27)8-16(20,18(21,22)23)19(24,25)26/h9-14H,3-8H2,1-2H3. The van der Waals surface area contributed by atoms with Gasteiger partial charge in [0.1, 0.15) is 9.53 Å². The van der Waals surface area contributed by atoms with E-state index in [1.54, 1.807) is 0 Å². The summed E-state index contributed by atoms with van der Waals surface area (Å²) < 4.78 is 95.2. The Hall–Kier alpha value is -0.290. The van der Waals surface area contributed by atoms with E-state index in [2.05, 4.69) is 0 Å². The van der Waals surface area contributed by atoms with Crippen LogP contribution >= 0.6 is 22.6 Å². The zero-order valence-electron chi connectivity index (χ0n) is 16.0. The molecule has 4 aliphatic rings. The molecule has 0 aliphatic heterocycles. The molecule has 29 heavy (non-hydrogen) atoms. The van der Waals surface area contributed by atoms with Crippen LogP contribution in [-0.4, -0.2) is 33.5 Å². The first-order chi connectivity index (χ1) is 13.1. The molecule has 2 nitrogen and oxygen atoms in total. The molecule has 0 radical (unpaired) electrons. The minimum absolute atomic E-state index is 0.0478. The molecular weight excluding hydrogens is 520 g/mol. The van der Waals surface area contributed by atoms with E-state index in [1.165, 1.54) is 0 Å². The summed E-state index contributed by atoms with van der Waals surface area (Å²) in [6, 6.07) is 0. The molecule has 0 aromatic heterocycles. The Bertz CT molecular complexity index is 601. The van der Waals surface area contributed by atoms with Gasteiger partial charge < -0.3 is 4.74 Å². The molecule has 0 saturated heterocycles. The van der Waals surface area contributed by atoms with Gasteiger partial charge in [0.05, 0.1) is 0 Å². The highest BCUT2D eigenvalue weighted by Gasteiger charge is 2.73. The summed E-state index contributed by atoms with van der Waals surface area (Å²) in [6.45, 7) is 3.73. The molecule has 4 rings (SSSR count). The van der Waals surface area contributed by atoms with Crippen molar-refractivity contribution in [2.75, 3.05) is 0 Å². The van der Waals surface area contributed by atoms with Crippen LogP contribution in [0.5, 0.6) is 0 Å². The fourth-order valence-electron chi connectivity index (χ4n) is 6.11. The van der Waals surface area contributed by atoms with Crippen molar-refractivity contribution in [1.82, 2.24) is 0 Å². The molecule has 4 bridgehead atoms. The lowest BCUT2D eigenvalue weighted by Gasteiger charge is -2.62. The average Bonchev–Trinajstić information content (AvgIpc) is 2.54. The van der Waals surface area contributed by atoms with Crippen molar-refractivity contribution >= 4 is 28.6 Å². The van der Waals surface area contributed by atoms with Crippen molar-refractivity contribution in [3.8, 4) is 0 Å². The third-order valence-electron chi connectivity index (χ3n) is 7.21. The summed E-state index contributed by atoms with van der Waals surface area (Å²) in [5, 5.41) is 0. The maximum absolute atomic E-state index is 14.1. The van der Waals surface area contributed by atoms with Crippen LogP contribution in [0.25, 0.3) is 0 Å². The predicted octanol–water partition coefficient (Wildman–Crippen LogP) is 6.41. The molecule has 0 aromatic rings. The summed E-state index contributed by atoms with van der Waals surface area (Å²) in [7, 11) is 0. The van der Waals surface area contributed by atoms with E-state index in [0.717, 1.165) is 54.7 Å². The molecule has 0 spiro atoms. The fraction of sp³-hybridized carbons (Fsp3) is 0.947. The third kappa shape index (κ3) is 3.77. The quantitative estimate of drug-likeness (QED) is 0.173. The third-order valence-corrected chi connectivity index (χ3v) is 8.16. The van der Waals surface area contributed by atoms with Crippen LogP contribution in [0.4, 0.5) is 30.7 Å². The number of carbonyl (C=O) groups excluding carboxylic acids is 1. The molecule has 0 heterocycles. The summed E-state index contributed by atoms with van der Waals surface area (Å²) in [6.07, 6.45) is -9.86. The van der Waals surface area contributed by atoms with Gasteiger partial charge in [-0.15, -0.1) is 0 Å². The van der Waals surface area contributed by atoms with Gasteiger partial charge in [0.2, 0.25) is 0 Å². The zero-order valence-corrected chi connectivity index (χ0v) is 18.2. The Labute approximate surface area is 178 Å². The van der Waals surface area contributed by atoms with Crippen LogP contribution in [0.1, 0.15) is 52.4 Å². The van der Waals surface area contributed by atoms with Crippen molar-refractivity contribution in [2.24, 2.45) is 29.6 Å². The van der Waals surface area contributed by atoms with Crippen molar-refractivity contribution in [2.45, 2.75) is 79.9 Å². The number of rotatable bonds is 5. The first kappa shape index (κ1) is 23.4. The zero-order chi connectivity index (χ0) is 22.0. The van der Waals surface area contributed by atoms with E-state index in [0.29, 0.717) is 11.8 Å². The molecule has 168 valence electrons. The monoisotopic (exact) mass is 544 g/mol. The van der Waals surface area contributed by atoms with Crippen molar-refractivity contribution in [3.05, 3.63) is 0 Å². The SMILES string of the molecule is CC(C)C1(OC(=O)C(I)CC(F)(C(F)(F)F)C(F)(F)F)C2CC3CC(C2)CC1C3. The normalized spacial score (nSPS) is 35.8. The fourth-order valence-corrected chi connectivity index (χ4v) is 6.84.